The Morgan fingerprint density at radius 3 is 2.81 bits per heavy atom. The Balaban J connectivity index is 1.72. The Hall–Kier alpha value is -0.900. The van der Waals surface area contributed by atoms with E-state index in [9.17, 15) is 0 Å². The number of hydrogen-bond acceptors (Lipinski definition) is 3. The second-order valence-electron chi connectivity index (χ2n) is 6.06. The second kappa shape index (κ2) is 6.47. The first kappa shape index (κ1) is 15.0. The summed E-state index contributed by atoms with van der Waals surface area (Å²) in [6.07, 6.45) is 2.82. The van der Waals surface area contributed by atoms with E-state index < -0.39 is 0 Å². The van der Waals surface area contributed by atoms with Gasteiger partial charge in [-0.25, -0.2) is 4.98 Å². The number of aryl methyl sites for hydroxylation is 1. The van der Waals surface area contributed by atoms with Crippen LogP contribution in [0, 0.1) is 12.8 Å². The molecule has 1 aliphatic rings. The Morgan fingerprint density at radius 1 is 1.38 bits per heavy atom. The zero-order valence-corrected chi connectivity index (χ0v) is 14.2. The molecule has 0 saturated heterocycles. The molecular weight excluding hydrogens is 300 g/mol. The molecule has 112 valence electrons. The van der Waals surface area contributed by atoms with Crippen molar-refractivity contribution in [3.63, 3.8) is 0 Å². The number of halogens is 1. The van der Waals surface area contributed by atoms with E-state index in [-0.39, 0.29) is 0 Å². The van der Waals surface area contributed by atoms with Crippen LogP contribution in [0.5, 0.6) is 0 Å². The van der Waals surface area contributed by atoms with Crippen LogP contribution in [0.4, 0.5) is 0 Å². The van der Waals surface area contributed by atoms with Gasteiger partial charge in [-0.1, -0.05) is 12.1 Å². The highest BCUT2D eigenvalue weighted by Gasteiger charge is 2.22. The summed E-state index contributed by atoms with van der Waals surface area (Å²) in [6, 6.07) is 6.68. The summed E-state index contributed by atoms with van der Waals surface area (Å²) in [5.41, 5.74) is 4.92. The summed E-state index contributed by atoms with van der Waals surface area (Å²) in [7, 11) is 2.22. The van der Waals surface area contributed by atoms with Crippen molar-refractivity contribution in [1.82, 2.24) is 9.88 Å². The van der Waals surface area contributed by atoms with Crippen molar-refractivity contribution in [2.75, 3.05) is 13.6 Å². The molecule has 1 aromatic heterocycles. The third-order valence-corrected chi connectivity index (χ3v) is 5.20. The van der Waals surface area contributed by atoms with E-state index in [1.54, 1.807) is 11.3 Å². The van der Waals surface area contributed by atoms with E-state index in [2.05, 4.69) is 42.1 Å². The molecular formula is C17H21ClN2S. The lowest BCUT2D eigenvalue weighted by molar-refractivity contribution is 0.312. The minimum atomic E-state index is 0.486. The van der Waals surface area contributed by atoms with Gasteiger partial charge in [0.25, 0.3) is 0 Å². The molecule has 0 spiro atoms. The van der Waals surface area contributed by atoms with Gasteiger partial charge in [0.05, 0.1) is 11.6 Å². The van der Waals surface area contributed by atoms with Crippen LogP contribution in [0.25, 0.3) is 10.6 Å². The van der Waals surface area contributed by atoms with Crippen LogP contribution in [0.1, 0.15) is 29.7 Å². The van der Waals surface area contributed by atoms with E-state index in [1.165, 1.54) is 36.1 Å². The lowest BCUT2D eigenvalue weighted by Gasteiger charge is -2.18. The Kier molecular flexibility index (Phi) is 4.63. The normalized spacial score (nSPS) is 14.9. The van der Waals surface area contributed by atoms with Crippen molar-refractivity contribution >= 4 is 22.9 Å². The van der Waals surface area contributed by atoms with Crippen molar-refractivity contribution in [3.05, 3.63) is 40.4 Å². The van der Waals surface area contributed by atoms with Gasteiger partial charge in [-0.2, -0.15) is 0 Å². The van der Waals surface area contributed by atoms with Crippen molar-refractivity contribution < 1.29 is 0 Å². The Morgan fingerprint density at radius 2 is 2.19 bits per heavy atom. The molecule has 0 radical (unpaired) electrons. The third-order valence-electron chi connectivity index (χ3n) is 3.99. The molecule has 0 amide bonds. The zero-order chi connectivity index (χ0) is 14.8. The van der Waals surface area contributed by atoms with Gasteiger partial charge in [-0.05, 0) is 49.9 Å². The summed E-state index contributed by atoms with van der Waals surface area (Å²) in [4.78, 5) is 6.99. The predicted octanol–water partition coefficient (Wildman–Crippen LogP) is 4.70. The first-order chi connectivity index (χ1) is 10.2. The maximum Gasteiger partial charge on any atom is 0.123 e. The molecule has 3 rings (SSSR count). The van der Waals surface area contributed by atoms with Gasteiger partial charge >= 0.3 is 0 Å². The number of rotatable bonds is 6. The van der Waals surface area contributed by atoms with Gasteiger partial charge in [0, 0.05) is 24.0 Å². The molecule has 0 atom stereocenters. The Bertz CT molecular complexity index is 619. The summed E-state index contributed by atoms with van der Waals surface area (Å²) < 4.78 is 0. The molecule has 1 aliphatic carbocycles. The fourth-order valence-electron chi connectivity index (χ4n) is 2.60. The van der Waals surface area contributed by atoms with E-state index in [0.29, 0.717) is 5.88 Å². The van der Waals surface area contributed by atoms with Crippen LogP contribution < -0.4 is 0 Å². The molecule has 2 nitrogen and oxygen atoms in total. The monoisotopic (exact) mass is 320 g/mol. The van der Waals surface area contributed by atoms with Gasteiger partial charge < -0.3 is 4.90 Å². The van der Waals surface area contributed by atoms with E-state index >= 15 is 0 Å². The van der Waals surface area contributed by atoms with Gasteiger partial charge in [-0.3, -0.25) is 0 Å². The smallest absolute Gasteiger partial charge is 0.123 e. The zero-order valence-electron chi connectivity index (χ0n) is 12.6. The molecule has 1 aromatic carbocycles. The maximum absolute atomic E-state index is 5.83. The number of thiazole rings is 1. The van der Waals surface area contributed by atoms with Gasteiger partial charge in [0.1, 0.15) is 5.01 Å². The van der Waals surface area contributed by atoms with Crippen LogP contribution in [0.3, 0.4) is 0 Å². The first-order valence-electron chi connectivity index (χ1n) is 7.44. The average Bonchev–Trinajstić information content (AvgIpc) is 3.14. The van der Waals surface area contributed by atoms with E-state index in [1.807, 2.05) is 5.38 Å². The quantitative estimate of drug-likeness (QED) is 0.717. The number of aromatic nitrogens is 1. The fourth-order valence-corrected chi connectivity index (χ4v) is 3.65. The fraction of sp³-hybridized carbons (Fsp3) is 0.471. The van der Waals surface area contributed by atoms with Gasteiger partial charge in [-0.15, -0.1) is 22.9 Å². The average molecular weight is 321 g/mol. The van der Waals surface area contributed by atoms with Crippen molar-refractivity contribution in [3.8, 4) is 10.6 Å². The van der Waals surface area contributed by atoms with Crippen molar-refractivity contribution in [2.24, 2.45) is 5.92 Å². The van der Waals surface area contributed by atoms with Crippen LogP contribution in [-0.2, 0) is 12.4 Å². The molecule has 0 aliphatic heterocycles. The lowest BCUT2D eigenvalue weighted by Crippen LogP contribution is -2.20. The molecule has 21 heavy (non-hydrogen) atoms. The van der Waals surface area contributed by atoms with E-state index in [4.69, 9.17) is 11.6 Å². The molecule has 1 heterocycles. The molecule has 0 bridgehead atoms. The Labute approximate surface area is 135 Å². The minimum absolute atomic E-state index is 0.486. The first-order valence-corrected chi connectivity index (χ1v) is 8.86. The lowest BCUT2D eigenvalue weighted by atomic mass is 10.0. The summed E-state index contributed by atoms with van der Waals surface area (Å²) in [5.74, 6) is 1.43. The molecule has 4 heteroatoms. The topological polar surface area (TPSA) is 16.1 Å². The minimum Gasteiger partial charge on any atom is -0.302 e. The highest BCUT2D eigenvalue weighted by molar-refractivity contribution is 7.13. The summed E-state index contributed by atoms with van der Waals surface area (Å²) >= 11 is 7.49. The van der Waals surface area contributed by atoms with Crippen LogP contribution in [0.2, 0.25) is 0 Å². The SMILES string of the molecule is Cc1cc(-c2nc(CCl)cs2)ccc1CN(C)CC1CC1. The summed E-state index contributed by atoms with van der Waals surface area (Å²) in [6.45, 7) is 4.46. The second-order valence-corrected chi connectivity index (χ2v) is 7.18. The maximum atomic E-state index is 5.83. The number of benzene rings is 1. The number of alkyl halides is 1. The summed E-state index contributed by atoms with van der Waals surface area (Å²) in [5, 5.41) is 3.10. The van der Waals surface area contributed by atoms with Crippen molar-refractivity contribution in [2.45, 2.75) is 32.2 Å². The van der Waals surface area contributed by atoms with Gasteiger partial charge in [0.15, 0.2) is 0 Å². The highest BCUT2D eigenvalue weighted by Crippen LogP contribution is 2.30. The predicted molar refractivity (Wildman–Crippen MR) is 90.9 cm³/mol. The largest absolute Gasteiger partial charge is 0.302 e. The molecule has 0 unspecified atom stereocenters. The third kappa shape index (κ3) is 3.85. The van der Waals surface area contributed by atoms with Crippen LogP contribution in [-0.4, -0.2) is 23.5 Å². The van der Waals surface area contributed by atoms with Crippen LogP contribution >= 0.6 is 22.9 Å². The molecule has 1 fully saturated rings. The molecule has 2 aromatic rings. The van der Waals surface area contributed by atoms with Crippen molar-refractivity contribution in [1.29, 1.82) is 0 Å². The number of hydrogen-bond donors (Lipinski definition) is 0. The van der Waals surface area contributed by atoms with E-state index in [0.717, 1.165) is 23.2 Å². The van der Waals surface area contributed by atoms with Crippen LogP contribution in [0.15, 0.2) is 23.6 Å². The highest BCUT2D eigenvalue weighted by atomic mass is 35.5. The standard InChI is InChI=1S/C17H21ClN2S/c1-12-7-14(17-19-16(8-18)11-21-17)5-6-15(12)10-20(2)9-13-3-4-13/h5-7,11,13H,3-4,8-10H2,1-2H3. The molecule has 1 saturated carbocycles. The van der Waals surface area contributed by atoms with Gasteiger partial charge in [0.2, 0.25) is 0 Å². The number of nitrogens with zero attached hydrogens (tertiary/aromatic N) is 2. The molecule has 0 N–H and O–H groups in total.